The van der Waals surface area contributed by atoms with Crippen LogP contribution in [0.3, 0.4) is 0 Å². The fourth-order valence-corrected chi connectivity index (χ4v) is 5.10. The fraction of sp³-hybridized carbons (Fsp3) is 0.692. The molecule has 4 atom stereocenters. The number of nitrogens with two attached hydrogens (primary N) is 1. The number of hydrazine groups is 1. The molecule has 1 aromatic rings. The van der Waals surface area contributed by atoms with E-state index >= 15 is 0 Å². The van der Waals surface area contributed by atoms with Crippen LogP contribution in [-0.2, 0) is 0 Å². The Balaban J connectivity index is 2.13. The van der Waals surface area contributed by atoms with Crippen LogP contribution in [-0.4, -0.2) is 0 Å². The van der Waals surface area contributed by atoms with Crippen molar-refractivity contribution >= 4 is 43.2 Å². The predicted molar refractivity (Wildman–Crippen MR) is 85.5 cm³/mol. The van der Waals surface area contributed by atoms with E-state index in [1.165, 1.54) is 24.1 Å². The van der Waals surface area contributed by atoms with Crippen molar-refractivity contribution in [2.75, 3.05) is 0 Å². The minimum atomic E-state index is 0.285. The van der Waals surface area contributed by atoms with Gasteiger partial charge < -0.3 is 0 Å². The third kappa shape index (κ3) is 3.18. The maximum atomic E-state index is 5.80. The third-order valence-electron chi connectivity index (χ3n) is 4.26. The Labute approximate surface area is 130 Å². The molecule has 5 heteroatoms. The Kier molecular flexibility index (Phi) is 5.29. The SMILES string of the molecule is CC1CCC(C(NN)c2cc(Br)c(Br)s2)CC1C. The number of thiophene rings is 1. The van der Waals surface area contributed by atoms with E-state index in [-0.39, 0.29) is 6.04 Å². The van der Waals surface area contributed by atoms with Gasteiger partial charge in [-0.1, -0.05) is 20.3 Å². The third-order valence-corrected chi connectivity index (χ3v) is 7.60. The first-order valence-electron chi connectivity index (χ1n) is 6.43. The largest absolute Gasteiger partial charge is 0.271 e. The summed E-state index contributed by atoms with van der Waals surface area (Å²) in [6.07, 6.45) is 3.86. The normalized spacial score (nSPS) is 30.4. The highest BCUT2D eigenvalue weighted by atomic mass is 79.9. The first-order chi connectivity index (χ1) is 8.52. The second-order valence-electron chi connectivity index (χ2n) is 5.44. The second kappa shape index (κ2) is 6.35. The summed E-state index contributed by atoms with van der Waals surface area (Å²) >= 11 is 8.89. The van der Waals surface area contributed by atoms with Crippen LogP contribution in [0.15, 0.2) is 14.3 Å². The monoisotopic (exact) mass is 394 g/mol. The van der Waals surface area contributed by atoms with Crippen LogP contribution >= 0.6 is 43.2 Å². The van der Waals surface area contributed by atoms with Gasteiger partial charge in [-0.15, -0.1) is 11.3 Å². The van der Waals surface area contributed by atoms with Gasteiger partial charge in [0.25, 0.3) is 0 Å². The van der Waals surface area contributed by atoms with Gasteiger partial charge in [-0.2, -0.15) is 0 Å². The summed E-state index contributed by atoms with van der Waals surface area (Å²) in [7, 11) is 0. The average molecular weight is 396 g/mol. The second-order valence-corrected chi connectivity index (χ2v) is 8.70. The van der Waals surface area contributed by atoms with Crippen LogP contribution in [0, 0.1) is 17.8 Å². The molecule has 2 rings (SSSR count). The molecule has 0 spiro atoms. The van der Waals surface area contributed by atoms with Crippen LogP contribution in [0.5, 0.6) is 0 Å². The van der Waals surface area contributed by atoms with Crippen LogP contribution in [0.25, 0.3) is 0 Å². The summed E-state index contributed by atoms with van der Waals surface area (Å²) in [6.45, 7) is 4.73. The first-order valence-corrected chi connectivity index (χ1v) is 8.84. The maximum Gasteiger partial charge on any atom is 0.0843 e. The van der Waals surface area contributed by atoms with Crippen molar-refractivity contribution in [3.63, 3.8) is 0 Å². The van der Waals surface area contributed by atoms with Crippen molar-refractivity contribution in [1.82, 2.24) is 5.43 Å². The Morgan fingerprint density at radius 2 is 2.06 bits per heavy atom. The molecule has 1 heterocycles. The van der Waals surface area contributed by atoms with Crippen LogP contribution in [0.4, 0.5) is 0 Å². The van der Waals surface area contributed by atoms with Crippen LogP contribution < -0.4 is 11.3 Å². The molecule has 1 fully saturated rings. The number of nitrogens with one attached hydrogen (secondary N) is 1. The minimum Gasteiger partial charge on any atom is -0.271 e. The van der Waals surface area contributed by atoms with E-state index in [4.69, 9.17) is 5.84 Å². The molecule has 0 amide bonds. The van der Waals surface area contributed by atoms with E-state index in [0.29, 0.717) is 5.92 Å². The van der Waals surface area contributed by atoms with E-state index in [1.54, 1.807) is 11.3 Å². The number of hydrogen-bond donors (Lipinski definition) is 2. The van der Waals surface area contributed by atoms with Gasteiger partial charge in [0.05, 0.1) is 9.83 Å². The smallest absolute Gasteiger partial charge is 0.0843 e. The van der Waals surface area contributed by atoms with Crippen molar-refractivity contribution in [3.05, 3.63) is 19.2 Å². The highest BCUT2D eigenvalue weighted by molar-refractivity contribution is 9.13. The van der Waals surface area contributed by atoms with Gasteiger partial charge in [0, 0.05) is 9.35 Å². The zero-order valence-corrected chi connectivity index (χ0v) is 14.7. The molecule has 0 bridgehead atoms. The van der Waals surface area contributed by atoms with Gasteiger partial charge in [0.1, 0.15) is 0 Å². The van der Waals surface area contributed by atoms with E-state index in [1.807, 2.05) is 0 Å². The summed E-state index contributed by atoms with van der Waals surface area (Å²) in [5.41, 5.74) is 3.03. The van der Waals surface area contributed by atoms with Gasteiger partial charge in [-0.25, -0.2) is 0 Å². The highest BCUT2D eigenvalue weighted by Gasteiger charge is 2.31. The van der Waals surface area contributed by atoms with Crippen LogP contribution in [0.2, 0.25) is 0 Å². The zero-order chi connectivity index (χ0) is 13.3. The lowest BCUT2D eigenvalue weighted by atomic mass is 9.73. The molecule has 1 aliphatic carbocycles. The standard InChI is InChI=1S/C13H20Br2N2S/c1-7-3-4-9(5-8(7)2)12(17-16)11-6-10(14)13(15)18-11/h6-9,12,17H,3-5,16H2,1-2H3. The molecule has 0 aromatic carbocycles. The predicted octanol–water partition coefficient (Wildman–Crippen LogP) is 4.85. The molecule has 3 N–H and O–H groups in total. The van der Waals surface area contributed by atoms with Gasteiger partial charge in [0.15, 0.2) is 0 Å². The van der Waals surface area contributed by atoms with Gasteiger partial charge in [-0.3, -0.25) is 11.3 Å². The average Bonchev–Trinajstić information content (AvgIpc) is 2.65. The minimum absolute atomic E-state index is 0.285. The van der Waals surface area contributed by atoms with Crippen molar-refractivity contribution < 1.29 is 0 Å². The molecule has 18 heavy (non-hydrogen) atoms. The van der Waals surface area contributed by atoms with Gasteiger partial charge in [0.2, 0.25) is 0 Å². The lowest BCUT2D eigenvalue weighted by molar-refractivity contribution is 0.172. The fourth-order valence-electron chi connectivity index (χ4n) is 2.86. The topological polar surface area (TPSA) is 38.0 Å². The van der Waals surface area contributed by atoms with Gasteiger partial charge >= 0.3 is 0 Å². The summed E-state index contributed by atoms with van der Waals surface area (Å²) < 4.78 is 2.27. The quantitative estimate of drug-likeness (QED) is 0.567. The van der Waals surface area contributed by atoms with Gasteiger partial charge in [-0.05, 0) is 68.5 Å². The Morgan fingerprint density at radius 1 is 1.33 bits per heavy atom. The number of rotatable bonds is 3. The van der Waals surface area contributed by atoms with E-state index in [0.717, 1.165) is 20.1 Å². The van der Waals surface area contributed by atoms with E-state index in [2.05, 4.69) is 57.2 Å². The zero-order valence-electron chi connectivity index (χ0n) is 10.7. The lowest BCUT2D eigenvalue weighted by Gasteiger charge is -2.36. The molecule has 2 nitrogen and oxygen atoms in total. The van der Waals surface area contributed by atoms with Crippen molar-refractivity contribution in [3.8, 4) is 0 Å². The van der Waals surface area contributed by atoms with Crippen molar-refractivity contribution in [2.45, 2.75) is 39.2 Å². The molecule has 0 radical (unpaired) electrons. The van der Waals surface area contributed by atoms with Crippen molar-refractivity contribution in [1.29, 1.82) is 0 Å². The van der Waals surface area contributed by atoms with E-state index < -0.39 is 0 Å². The lowest BCUT2D eigenvalue weighted by Crippen LogP contribution is -2.36. The molecular formula is C13H20Br2N2S. The maximum absolute atomic E-state index is 5.80. The molecular weight excluding hydrogens is 376 g/mol. The molecule has 0 saturated heterocycles. The molecule has 1 aromatic heterocycles. The molecule has 0 aliphatic heterocycles. The Bertz CT molecular complexity index is 388. The first kappa shape index (κ1) is 15.0. The number of halogens is 2. The Morgan fingerprint density at radius 3 is 2.56 bits per heavy atom. The number of hydrogen-bond acceptors (Lipinski definition) is 3. The van der Waals surface area contributed by atoms with E-state index in [9.17, 15) is 0 Å². The summed E-state index contributed by atoms with van der Waals surface area (Å²) in [6, 6.07) is 2.47. The molecule has 4 unspecified atom stereocenters. The Hall–Kier alpha value is 0.580. The molecule has 102 valence electrons. The molecule has 1 saturated carbocycles. The summed E-state index contributed by atoms with van der Waals surface area (Å²) in [5.74, 6) is 8.10. The molecule has 1 aliphatic rings. The van der Waals surface area contributed by atoms with Crippen LogP contribution in [0.1, 0.15) is 44.0 Å². The van der Waals surface area contributed by atoms with Crippen molar-refractivity contribution in [2.24, 2.45) is 23.6 Å². The highest BCUT2D eigenvalue weighted by Crippen LogP contribution is 2.43. The summed E-state index contributed by atoms with van der Waals surface area (Å²) in [4.78, 5) is 1.32. The summed E-state index contributed by atoms with van der Waals surface area (Å²) in [5, 5.41) is 0.